The summed E-state index contributed by atoms with van der Waals surface area (Å²) in [6.07, 6.45) is 1.28. The molecule has 0 fully saturated rings. The normalized spacial score (nSPS) is 12.1. The van der Waals surface area contributed by atoms with Crippen LogP contribution in [0, 0.1) is 0 Å². The molecule has 1 heterocycles. The third-order valence-corrected chi connectivity index (χ3v) is 5.09. The number of aromatic amines is 1. The van der Waals surface area contributed by atoms with Gasteiger partial charge in [-0.25, -0.2) is 13.1 Å². The summed E-state index contributed by atoms with van der Waals surface area (Å²) in [7, 11) is -3.25. The van der Waals surface area contributed by atoms with Gasteiger partial charge in [0, 0.05) is 27.3 Å². The van der Waals surface area contributed by atoms with Crippen molar-refractivity contribution in [3.05, 3.63) is 45.9 Å². The maximum absolute atomic E-state index is 11.3. The van der Waals surface area contributed by atoms with Crippen LogP contribution in [0.2, 0.25) is 0 Å². The molecule has 0 saturated carbocycles. The molecule has 0 spiro atoms. The summed E-state index contributed by atoms with van der Waals surface area (Å²) in [6, 6.07) is 9.47. The Balaban J connectivity index is 2.12. The Kier molecular flexibility index (Phi) is 4.37. The number of fused-ring (bicyclic) bond motifs is 3. The van der Waals surface area contributed by atoms with Crippen molar-refractivity contribution in [1.29, 1.82) is 0 Å². The van der Waals surface area contributed by atoms with Crippen LogP contribution in [0.5, 0.6) is 0 Å². The Labute approximate surface area is 147 Å². The van der Waals surface area contributed by atoms with E-state index in [0.29, 0.717) is 0 Å². The largest absolute Gasteiger partial charge is 0.369 e. The monoisotopic (exact) mass is 409 g/mol. The molecule has 126 valence electrons. The van der Waals surface area contributed by atoms with Gasteiger partial charge < -0.3 is 10.7 Å². The molecular formula is C16H16BrN3O3S. The molecule has 6 nitrogen and oxygen atoms in total. The van der Waals surface area contributed by atoms with E-state index >= 15 is 0 Å². The Bertz CT molecular complexity index is 1060. The van der Waals surface area contributed by atoms with Crippen molar-refractivity contribution in [2.45, 2.75) is 13.0 Å². The zero-order chi connectivity index (χ0) is 17.5. The average Bonchev–Trinajstić information content (AvgIpc) is 2.86. The molecule has 3 rings (SSSR count). The topological polar surface area (TPSA) is 105 Å². The van der Waals surface area contributed by atoms with Gasteiger partial charge in [0.2, 0.25) is 15.9 Å². The van der Waals surface area contributed by atoms with Gasteiger partial charge in [-0.15, -0.1) is 0 Å². The van der Waals surface area contributed by atoms with Gasteiger partial charge in [-0.2, -0.15) is 0 Å². The molecule has 0 atom stereocenters. The Hall–Kier alpha value is -1.90. The molecule has 0 radical (unpaired) electrons. The van der Waals surface area contributed by atoms with Gasteiger partial charge >= 0.3 is 0 Å². The number of carbonyl (C=O) groups is 1. The van der Waals surface area contributed by atoms with Gasteiger partial charge in [0.1, 0.15) is 0 Å². The predicted octanol–water partition coefficient (Wildman–Crippen LogP) is 2.16. The first-order valence-corrected chi connectivity index (χ1v) is 9.87. The number of nitrogens with one attached hydrogen (secondary N) is 2. The molecule has 2 aromatic carbocycles. The zero-order valence-electron chi connectivity index (χ0n) is 12.9. The summed E-state index contributed by atoms with van der Waals surface area (Å²) in [5, 5.41) is 1.97. The molecule has 24 heavy (non-hydrogen) atoms. The van der Waals surface area contributed by atoms with Crippen LogP contribution in [0.25, 0.3) is 21.8 Å². The minimum absolute atomic E-state index is 0.152. The highest BCUT2D eigenvalue weighted by Gasteiger charge is 2.13. The highest BCUT2D eigenvalue weighted by molar-refractivity contribution is 9.10. The number of aromatic nitrogens is 1. The minimum Gasteiger partial charge on any atom is -0.369 e. The zero-order valence-corrected chi connectivity index (χ0v) is 15.3. The summed E-state index contributed by atoms with van der Waals surface area (Å²) in [5.74, 6) is -0.393. The van der Waals surface area contributed by atoms with Gasteiger partial charge in [0.25, 0.3) is 0 Å². The van der Waals surface area contributed by atoms with E-state index in [2.05, 4.69) is 25.6 Å². The van der Waals surface area contributed by atoms with Crippen LogP contribution in [0.3, 0.4) is 0 Å². The van der Waals surface area contributed by atoms with Crippen LogP contribution in [0.15, 0.2) is 34.8 Å². The molecule has 0 saturated heterocycles. The fraction of sp³-hybridized carbons (Fsp3) is 0.188. The van der Waals surface area contributed by atoms with E-state index in [9.17, 15) is 13.2 Å². The summed E-state index contributed by atoms with van der Waals surface area (Å²) in [4.78, 5) is 14.6. The predicted molar refractivity (Wildman–Crippen MR) is 98.1 cm³/mol. The fourth-order valence-corrected chi connectivity index (χ4v) is 3.71. The first kappa shape index (κ1) is 16.9. The van der Waals surface area contributed by atoms with Gasteiger partial charge in [-0.05, 0) is 23.3 Å². The number of amides is 1. The van der Waals surface area contributed by atoms with Crippen LogP contribution in [-0.4, -0.2) is 25.6 Å². The van der Waals surface area contributed by atoms with Crippen LogP contribution >= 0.6 is 15.9 Å². The summed E-state index contributed by atoms with van der Waals surface area (Å²) in [6.45, 7) is 0.222. The molecular weight excluding hydrogens is 394 g/mol. The van der Waals surface area contributed by atoms with E-state index in [-0.39, 0.29) is 13.0 Å². The summed E-state index contributed by atoms with van der Waals surface area (Å²) in [5.41, 5.74) is 8.71. The number of nitrogens with two attached hydrogens (primary N) is 1. The second-order valence-corrected chi connectivity index (χ2v) is 8.39. The lowest BCUT2D eigenvalue weighted by molar-refractivity contribution is -0.117. The van der Waals surface area contributed by atoms with Gasteiger partial charge in [-0.3, -0.25) is 4.79 Å². The van der Waals surface area contributed by atoms with Crippen LogP contribution in [0.1, 0.15) is 11.1 Å². The number of hydrogen-bond donors (Lipinski definition) is 3. The highest BCUT2D eigenvalue weighted by atomic mass is 79.9. The molecule has 8 heteroatoms. The van der Waals surface area contributed by atoms with E-state index in [4.69, 9.17) is 5.73 Å². The Morgan fingerprint density at radius 2 is 2.04 bits per heavy atom. The fourth-order valence-electron chi connectivity index (χ4n) is 2.73. The number of rotatable bonds is 5. The second-order valence-electron chi connectivity index (χ2n) is 5.70. The van der Waals surface area contributed by atoms with Gasteiger partial charge in [-0.1, -0.05) is 34.1 Å². The Morgan fingerprint density at radius 1 is 1.29 bits per heavy atom. The van der Waals surface area contributed by atoms with Crippen molar-refractivity contribution < 1.29 is 13.2 Å². The first-order valence-electron chi connectivity index (χ1n) is 7.19. The summed E-state index contributed by atoms with van der Waals surface area (Å²) >= 11 is 3.55. The van der Waals surface area contributed by atoms with Crippen molar-refractivity contribution in [3.63, 3.8) is 0 Å². The molecule has 0 aliphatic heterocycles. The van der Waals surface area contributed by atoms with Crippen molar-refractivity contribution in [2.75, 3.05) is 6.26 Å². The smallest absolute Gasteiger partial charge is 0.221 e. The molecule has 1 amide bonds. The quantitative estimate of drug-likeness (QED) is 0.600. The number of halogens is 1. The lowest BCUT2D eigenvalue weighted by Crippen LogP contribution is -2.21. The Morgan fingerprint density at radius 3 is 2.71 bits per heavy atom. The van der Waals surface area contributed by atoms with Crippen LogP contribution in [0.4, 0.5) is 0 Å². The molecule has 0 aliphatic carbocycles. The first-order chi connectivity index (χ1) is 11.2. The van der Waals surface area contributed by atoms with E-state index in [1.54, 1.807) is 0 Å². The maximum atomic E-state index is 11.3. The molecule has 1 aromatic heterocycles. The van der Waals surface area contributed by atoms with Gasteiger partial charge in [0.05, 0.1) is 18.2 Å². The van der Waals surface area contributed by atoms with E-state index in [1.165, 1.54) is 0 Å². The second kappa shape index (κ2) is 6.19. The highest BCUT2D eigenvalue weighted by Crippen LogP contribution is 2.34. The average molecular weight is 410 g/mol. The van der Waals surface area contributed by atoms with Crippen LogP contribution in [-0.2, 0) is 27.8 Å². The number of benzene rings is 2. The molecule has 0 bridgehead atoms. The third kappa shape index (κ3) is 3.45. The number of H-pyrrole nitrogens is 1. The number of carbonyl (C=O) groups excluding carboxylic acids is 1. The maximum Gasteiger partial charge on any atom is 0.221 e. The lowest BCUT2D eigenvalue weighted by atomic mass is 10.1. The van der Waals surface area contributed by atoms with Gasteiger partial charge in [0.15, 0.2) is 0 Å². The third-order valence-electron chi connectivity index (χ3n) is 3.76. The molecule has 0 unspecified atom stereocenters. The van der Waals surface area contributed by atoms with Crippen molar-refractivity contribution in [2.24, 2.45) is 5.73 Å². The number of sulfonamides is 1. The van der Waals surface area contributed by atoms with E-state index < -0.39 is 15.9 Å². The minimum atomic E-state index is -3.25. The van der Waals surface area contributed by atoms with E-state index in [0.717, 1.165) is 43.7 Å². The van der Waals surface area contributed by atoms with E-state index in [1.807, 2.05) is 30.3 Å². The molecule has 4 N–H and O–H groups in total. The standard InChI is InChI=1S/C16H16BrN3O3S/c1-24(22,23)19-8-9-2-4-11-13(6-9)20-16-10(7-14(18)21)3-5-12(17)15(11)16/h2-6,19-20H,7-8H2,1H3,(H2,18,21). The number of hydrogen-bond acceptors (Lipinski definition) is 3. The van der Waals surface area contributed by atoms with Crippen molar-refractivity contribution in [3.8, 4) is 0 Å². The lowest BCUT2D eigenvalue weighted by Gasteiger charge is -2.03. The number of primary amides is 1. The SMILES string of the molecule is CS(=O)(=O)NCc1ccc2c(c1)[nH]c1c(CC(N)=O)ccc(Br)c12. The van der Waals surface area contributed by atoms with Crippen molar-refractivity contribution >= 4 is 53.7 Å². The molecule has 0 aliphatic rings. The molecule has 3 aromatic rings. The van der Waals surface area contributed by atoms with Crippen LogP contribution < -0.4 is 10.5 Å². The summed E-state index contributed by atoms with van der Waals surface area (Å²) < 4.78 is 25.9. The van der Waals surface area contributed by atoms with Crippen molar-refractivity contribution in [1.82, 2.24) is 9.71 Å².